The fourth-order valence-corrected chi connectivity index (χ4v) is 2.89. The lowest BCUT2D eigenvalue weighted by molar-refractivity contribution is -0.141. The van der Waals surface area contributed by atoms with Gasteiger partial charge in [-0.2, -0.15) is 18.3 Å². The van der Waals surface area contributed by atoms with E-state index in [9.17, 15) is 13.2 Å². The van der Waals surface area contributed by atoms with Crippen molar-refractivity contribution >= 4 is 11.0 Å². The van der Waals surface area contributed by atoms with Gasteiger partial charge in [-0.25, -0.2) is 4.98 Å². The highest BCUT2D eigenvalue weighted by atomic mass is 19.4. The van der Waals surface area contributed by atoms with Crippen molar-refractivity contribution < 1.29 is 13.2 Å². The molecule has 132 valence electrons. The summed E-state index contributed by atoms with van der Waals surface area (Å²) in [5.41, 5.74) is 4.13. The number of aromatic nitrogens is 5. The van der Waals surface area contributed by atoms with Crippen LogP contribution in [0.1, 0.15) is 11.3 Å². The van der Waals surface area contributed by atoms with Crippen LogP contribution in [-0.4, -0.2) is 24.7 Å². The van der Waals surface area contributed by atoms with Gasteiger partial charge in [-0.05, 0) is 42.8 Å². The Bertz CT molecular complexity index is 1110. The average Bonchev–Trinajstić information content (AvgIpc) is 3.17. The van der Waals surface area contributed by atoms with Gasteiger partial charge in [0.15, 0.2) is 5.69 Å². The summed E-state index contributed by atoms with van der Waals surface area (Å²) in [6.07, 6.45) is -1.00. The molecule has 4 heterocycles. The Morgan fingerprint density at radius 1 is 1.12 bits per heavy atom. The maximum absolute atomic E-state index is 12.9. The summed E-state index contributed by atoms with van der Waals surface area (Å²) in [5.74, 6) is 0. The third-order valence-corrected chi connectivity index (χ3v) is 4.24. The molecule has 26 heavy (non-hydrogen) atoms. The minimum absolute atomic E-state index is 0.305. The molecule has 0 aliphatic carbocycles. The molecule has 0 saturated heterocycles. The third kappa shape index (κ3) is 2.73. The molecule has 0 unspecified atom stereocenters. The number of nitrogens with one attached hydrogen (secondary N) is 1. The maximum atomic E-state index is 12.9. The molecule has 0 fully saturated rings. The minimum Gasteiger partial charge on any atom is -0.353 e. The van der Waals surface area contributed by atoms with Crippen LogP contribution in [0.15, 0.2) is 42.7 Å². The summed E-state index contributed by atoms with van der Waals surface area (Å²) in [6.45, 7) is 1.98. The lowest BCUT2D eigenvalue weighted by atomic mass is 10.1. The van der Waals surface area contributed by atoms with Crippen LogP contribution in [-0.2, 0) is 13.2 Å². The van der Waals surface area contributed by atoms with Crippen LogP contribution in [0.4, 0.5) is 13.2 Å². The molecule has 0 radical (unpaired) electrons. The third-order valence-electron chi connectivity index (χ3n) is 4.24. The van der Waals surface area contributed by atoms with Gasteiger partial charge in [0, 0.05) is 30.7 Å². The van der Waals surface area contributed by atoms with Gasteiger partial charge in [0.05, 0.1) is 22.4 Å². The van der Waals surface area contributed by atoms with E-state index in [0.717, 1.165) is 28.4 Å². The highest BCUT2D eigenvalue weighted by Gasteiger charge is 2.34. The Kier molecular flexibility index (Phi) is 3.57. The van der Waals surface area contributed by atoms with E-state index in [1.54, 1.807) is 24.5 Å². The average molecular weight is 357 g/mol. The summed E-state index contributed by atoms with van der Waals surface area (Å²) >= 11 is 0. The second kappa shape index (κ2) is 5.69. The molecule has 0 saturated carbocycles. The molecule has 0 bridgehead atoms. The van der Waals surface area contributed by atoms with E-state index >= 15 is 0 Å². The van der Waals surface area contributed by atoms with Crippen molar-refractivity contribution in [3.8, 4) is 22.6 Å². The van der Waals surface area contributed by atoms with E-state index < -0.39 is 11.9 Å². The van der Waals surface area contributed by atoms with Gasteiger partial charge in [-0.15, -0.1) is 0 Å². The van der Waals surface area contributed by atoms with Crippen molar-refractivity contribution in [1.29, 1.82) is 0 Å². The number of alkyl halides is 3. The van der Waals surface area contributed by atoms with Crippen LogP contribution < -0.4 is 0 Å². The second-order valence-electron chi connectivity index (χ2n) is 6.04. The van der Waals surface area contributed by atoms with E-state index in [1.807, 2.05) is 19.1 Å². The molecule has 0 atom stereocenters. The summed E-state index contributed by atoms with van der Waals surface area (Å²) in [6, 6.07) is 8.26. The van der Waals surface area contributed by atoms with Crippen LogP contribution in [0.5, 0.6) is 0 Å². The molecule has 0 spiro atoms. The second-order valence-corrected chi connectivity index (χ2v) is 6.04. The van der Waals surface area contributed by atoms with Gasteiger partial charge in [0.1, 0.15) is 0 Å². The first-order valence-corrected chi connectivity index (χ1v) is 7.85. The molecular weight excluding hydrogens is 343 g/mol. The van der Waals surface area contributed by atoms with Crippen LogP contribution in [0.25, 0.3) is 33.7 Å². The van der Waals surface area contributed by atoms with Crippen molar-refractivity contribution in [2.24, 2.45) is 7.05 Å². The number of aromatic amines is 1. The quantitative estimate of drug-likeness (QED) is 0.580. The van der Waals surface area contributed by atoms with Crippen molar-refractivity contribution in [2.75, 3.05) is 0 Å². The summed E-state index contributed by atoms with van der Waals surface area (Å²) in [4.78, 5) is 11.9. The zero-order chi connectivity index (χ0) is 18.5. The van der Waals surface area contributed by atoms with Gasteiger partial charge >= 0.3 is 6.18 Å². The zero-order valence-electron chi connectivity index (χ0n) is 14.0. The van der Waals surface area contributed by atoms with Crippen LogP contribution >= 0.6 is 0 Å². The van der Waals surface area contributed by atoms with Gasteiger partial charge in [-0.3, -0.25) is 9.67 Å². The van der Waals surface area contributed by atoms with E-state index in [4.69, 9.17) is 0 Å². The number of hydrogen-bond donors (Lipinski definition) is 1. The number of halogens is 3. The number of rotatable bonds is 2. The van der Waals surface area contributed by atoms with Crippen molar-refractivity contribution in [3.05, 3.63) is 54.0 Å². The zero-order valence-corrected chi connectivity index (χ0v) is 14.0. The Morgan fingerprint density at radius 3 is 2.62 bits per heavy atom. The number of H-pyrrole nitrogens is 1. The molecule has 4 aromatic rings. The fourth-order valence-electron chi connectivity index (χ4n) is 2.89. The lowest BCUT2D eigenvalue weighted by Crippen LogP contribution is -2.06. The Labute approximate surface area is 146 Å². The van der Waals surface area contributed by atoms with Crippen LogP contribution in [0, 0.1) is 6.92 Å². The molecule has 0 aliphatic heterocycles. The maximum Gasteiger partial charge on any atom is 0.435 e. The molecule has 4 aromatic heterocycles. The first kappa shape index (κ1) is 16.3. The normalized spacial score (nSPS) is 12.0. The van der Waals surface area contributed by atoms with Crippen molar-refractivity contribution in [3.63, 3.8) is 0 Å². The Morgan fingerprint density at radius 2 is 1.92 bits per heavy atom. The fraction of sp³-hybridized carbons (Fsp3) is 0.167. The Hall–Kier alpha value is -3.16. The van der Waals surface area contributed by atoms with Crippen LogP contribution in [0.3, 0.4) is 0 Å². The van der Waals surface area contributed by atoms with E-state index in [-0.39, 0.29) is 0 Å². The number of pyridine rings is 2. The first-order valence-electron chi connectivity index (χ1n) is 7.85. The number of hydrogen-bond acceptors (Lipinski definition) is 3. The van der Waals surface area contributed by atoms with E-state index in [1.165, 1.54) is 11.7 Å². The Balaban J connectivity index is 1.80. The first-order chi connectivity index (χ1) is 12.3. The minimum atomic E-state index is -4.49. The smallest absolute Gasteiger partial charge is 0.353 e. The topological polar surface area (TPSA) is 59.4 Å². The number of fused-ring (bicyclic) bond motifs is 1. The van der Waals surface area contributed by atoms with Crippen LogP contribution in [0.2, 0.25) is 0 Å². The monoisotopic (exact) mass is 357 g/mol. The molecule has 4 rings (SSSR count). The molecular formula is C18H14F3N5. The highest BCUT2D eigenvalue weighted by molar-refractivity contribution is 5.85. The molecule has 5 nitrogen and oxygen atoms in total. The van der Waals surface area contributed by atoms with Gasteiger partial charge in [-0.1, -0.05) is 0 Å². The van der Waals surface area contributed by atoms with Crippen molar-refractivity contribution in [2.45, 2.75) is 13.1 Å². The highest BCUT2D eigenvalue weighted by Crippen LogP contribution is 2.32. The predicted molar refractivity (Wildman–Crippen MR) is 91.3 cm³/mol. The molecule has 8 heteroatoms. The SMILES string of the molecule is Cc1ccncc1-c1cc2nc(-c3cc(C(F)(F)F)nn3C)ccc2[nH]1. The molecule has 0 aliphatic rings. The molecule has 0 amide bonds. The molecule has 1 N–H and O–H groups in total. The van der Waals surface area contributed by atoms with E-state index in [0.29, 0.717) is 16.9 Å². The predicted octanol–water partition coefficient (Wildman–Crippen LogP) is 4.35. The van der Waals surface area contributed by atoms with Gasteiger partial charge in [0.2, 0.25) is 0 Å². The lowest BCUT2D eigenvalue weighted by Gasteiger charge is -2.00. The summed E-state index contributed by atoms with van der Waals surface area (Å²) < 4.78 is 39.8. The van der Waals surface area contributed by atoms with E-state index in [2.05, 4.69) is 20.1 Å². The molecule has 0 aromatic carbocycles. The number of nitrogens with zero attached hydrogens (tertiary/aromatic N) is 4. The summed E-state index contributed by atoms with van der Waals surface area (Å²) in [5, 5.41) is 3.54. The van der Waals surface area contributed by atoms with Crippen molar-refractivity contribution in [1.82, 2.24) is 24.7 Å². The standard InChI is InChI=1S/C18H14F3N5/c1-10-5-6-22-9-11(10)14-7-15-12(23-14)3-4-13(24-15)16-8-17(18(19,20)21)25-26(16)2/h3-9,23H,1-2H3. The van der Waals surface area contributed by atoms with Gasteiger partial charge < -0.3 is 4.98 Å². The largest absolute Gasteiger partial charge is 0.435 e. The summed E-state index contributed by atoms with van der Waals surface area (Å²) in [7, 11) is 1.47. The van der Waals surface area contributed by atoms with Gasteiger partial charge in [0.25, 0.3) is 0 Å². The number of aryl methyl sites for hydroxylation is 2.